The second kappa shape index (κ2) is 19.7. The van der Waals surface area contributed by atoms with E-state index in [0.29, 0.717) is 8.97 Å². The van der Waals surface area contributed by atoms with E-state index in [-0.39, 0.29) is 13.1 Å². The zero-order valence-electron chi connectivity index (χ0n) is 23.7. The molecule has 0 aromatic heterocycles. The molecule has 1 aliphatic rings. The normalized spacial score (nSPS) is 17.6. The third-order valence-electron chi connectivity index (χ3n) is 6.78. The zero-order valence-corrected chi connectivity index (χ0v) is 23.7. The summed E-state index contributed by atoms with van der Waals surface area (Å²) in [6.07, 6.45) is 20.2. The zero-order chi connectivity index (χ0) is 26.6. The molecule has 35 heavy (non-hydrogen) atoms. The van der Waals surface area contributed by atoms with Crippen molar-refractivity contribution in [3.8, 4) is 0 Å². The summed E-state index contributed by atoms with van der Waals surface area (Å²) < 4.78 is 1.07. The number of aliphatic imine (C=N–C) groups is 1. The Morgan fingerprint density at radius 3 is 1.57 bits per heavy atom. The minimum absolute atomic E-state index is 0.181. The van der Waals surface area contributed by atoms with Crippen LogP contribution in [0.25, 0.3) is 0 Å². The lowest BCUT2D eigenvalue weighted by Crippen LogP contribution is -2.53. The van der Waals surface area contributed by atoms with E-state index in [4.69, 9.17) is 5.11 Å². The summed E-state index contributed by atoms with van der Waals surface area (Å²) in [5, 5.41) is 17.4. The van der Waals surface area contributed by atoms with Gasteiger partial charge in [0.1, 0.15) is 6.54 Å². The first kappa shape index (κ1) is 33.5. The molecule has 7 heteroatoms. The number of quaternary nitrogens is 2. The summed E-state index contributed by atoms with van der Waals surface area (Å²) in [6, 6.07) is 0. The highest BCUT2D eigenvalue weighted by Gasteiger charge is 2.38. The fourth-order valence-electron chi connectivity index (χ4n) is 4.73. The van der Waals surface area contributed by atoms with Crippen molar-refractivity contribution in [3.63, 3.8) is 0 Å². The van der Waals surface area contributed by atoms with Crippen LogP contribution >= 0.6 is 0 Å². The van der Waals surface area contributed by atoms with Gasteiger partial charge in [0.05, 0.1) is 34.2 Å². The third kappa shape index (κ3) is 18.5. The molecule has 0 aromatic carbocycles. The molecule has 0 aliphatic carbocycles. The molecule has 1 atom stereocenters. The largest absolute Gasteiger partial charge is 0.477 e. The second-order valence-electron chi connectivity index (χ2n) is 11.2. The van der Waals surface area contributed by atoms with Crippen LogP contribution in [0.15, 0.2) is 4.99 Å². The molecule has 0 saturated carbocycles. The van der Waals surface area contributed by atoms with Crippen LogP contribution < -0.4 is 0 Å². The molecule has 206 valence electrons. The van der Waals surface area contributed by atoms with E-state index in [1.165, 1.54) is 83.5 Å². The average Bonchev–Trinajstić information content (AvgIpc) is 3.14. The van der Waals surface area contributed by atoms with Crippen LogP contribution in [0.2, 0.25) is 0 Å². The quantitative estimate of drug-likeness (QED) is 0.160. The molecule has 1 heterocycles. The number of hydrogen-bond donors (Lipinski definition) is 2. The van der Waals surface area contributed by atoms with Crippen LogP contribution in [0.4, 0.5) is 0 Å². The summed E-state index contributed by atoms with van der Waals surface area (Å²) in [6.45, 7) is 7.28. The Morgan fingerprint density at radius 1 is 0.771 bits per heavy atom. The molecule has 1 rings (SSSR count). The van der Waals surface area contributed by atoms with Gasteiger partial charge in [-0.25, -0.2) is 14.6 Å². The Balaban J connectivity index is 0.00000124. The lowest BCUT2D eigenvalue weighted by molar-refractivity contribution is -0.862. The Kier molecular flexibility index (Phi) is 18.9. The van der Waals surface area contributed by atoms with Gasteiger partial charge < -0.3 is 14.7 Å². The number of hydrogen-bond acceptors (Lipinski definition) is 3. The minimum atomic E-state index is -0.752. The van der Waals surface area contributed by atoms with E-state index < -0.39 is 11.9 Å². The van der Waals surface area contributed by atoms with E-state index in [2.05, 4.69) is 18.8 Å². The number of carbonyl (C=O) groups is 2. The first-order chi connectivity index (χ1) is 16.6. The molecule has 0 radical (unpaired) electrons. The topological polar surface area (TPSA) is 87.0 Å². The molecule has 0 spiro atoms. The van der Waals surface area contributed by atoms with Gasteiger partial charge in [-0.3, -0.25) is 4.48 Å². The smallest absolute Gasteiger partial charge is 0.359 e. The van der Waals surface area contributed by atoms with Crippen molar-refractivity contribution in [1.82, 2.24) is 0 Å². The van der Waals surface area contributed by atoms with Crippen molar-refractivity contribution in [1.29, 1.82) is 0 Å². The van der Waals surface area contributed by atoms with E-state index in [0.717, 1.165) is 38.3 Å². The molecule has 0 saturated heterocycles. The Morgan fingerprint density at radius 2 is 1.23 bits per heavy atom. The predicted molar refractivity (Wildman–Crippen MR) is 146 cm³/mol. The van der Waals surface area contributed by atoms with Gasteiger partial charge in [-0.15, -0.1) is 0 Å². The standard InChI is InChI=1S/C23H44N2O2.C5H11NO2/c1-3-5-6-7-8-9-10-11-12-13-14-15-16-17-18-22-24-19-20-25(22,4-2)21-23(26)27;1-6(2,3)4-5(7)8/h3-21H2,1-2H3;4H2,1-3H3/p+2. The van der Waals surface area contributed by atoms with Gasteiger partial charge in [0.15, 0.2) is 18.9 Å². The highest BCUT2D eigenvalue weighted by molar-refractivity contribution is 5.80. The van der Waals surface area contributed by atoms with Gasteiger partial charge in [-0.2, -0.15) is 0 Å². The van der Waals surface area contributed by atoms with Crippen molar-refractivity contribution in [2.45, 2.75) is 110 Å². The molecular weight excluding hydrogens is 442 g/mol. The number of likely N-dealkylation sites (N-methyl/N-ethyl adjacent to an activating group) is 2. The van der Waals surface area contributed by atoms with Gasteiger partial charge in [0, 0.05) is 6.42 Å². The van der Waals surface area contributed by atoms with Crippen LogP contribution in [-0.2, 0) is 9.59 Å². The van der Waals surface area contributed by atoms with E-state index in [1.54, 1.807) is 0 Å². The Labute approximate surface area is 215 Å². The molecule has 0 bridgehead atoms. The Bertz CT molecular complexity index is 602. The highest BCUT2D eigenvalue weighted by Crippen LogP contribution is 2.20. The van der Waals surface area contributed by atoms with Crippen molar-refractivity contribution in [2.75, 3.05) is 53.9 Å². The number of amidine groups is 1. The SMILES string of the molecule is CCCCCCCCCCCCCCCCC1=NCC[N+]1(CC)CC(=O)O.C[N+](C)(C)CC(=O)O. The minimum Gasteiger partial charge on any atom is -0.477 e. The lowest BCUT2D eigenvalue weighted by Gasteiger charge is -2.31. The molecule has 2 N–H and O–H groups in total. The molecule has 0 aromatic rings. The van der Waals surface area contributed by atoms with Gasteiger partial charge in [0.2, 0.25) is 0 Å². The summed E-state index contributed by atoms with van der Waals surface area (Å²) >= 11 is 0. The van der Waals surface area contributed by atoms with Gasteiger partial charge in [-0.05, 0) is 13.3 Å². The summed E-state index contributed by atoms with van der Waals surface area (Å²) in [5.41, 5.74) is 0. The number of nitrogens with zero attached hydrogens (tertiary/aromatic N) is 3. The average molecular weight is 500 g/mol. The second-order valence-corrected chi connectivity index (χ2v) is 11.2. The van der Waals surface area contributed by atoms with E-state index in [1.807, 2.05) is 21.1 Å². The molecule has 7 nitrogen and oxygen atoms in total. The molecule has 0 amide bonds. The van der Waals surface area contributed by atoms with Crippen molar-refractivity contribution < 1.29 is 28.8 Å². The first-order valence-corrected chi connectivity index (χ1v) is 14.2. The lowest BCUT2D eigenvalue weighted by atomic mass is 10.0. The number of rotatable bonds is 20. The van der Waals surface area contributed by atoms with Crippen LogP contribution in [-0.4, -0.2) is 90.8 Å². The summed E-state index contributed by atoms with van der Waals surface area (Å²) in [7, 11) is 5.52. The van der Waals surface area contributed by atoms with E-state index in [9.17, 15) is 14.7 Å². The van der Waals surface area contributed by atoms with Crippen LogP contribution in [0.1, 0.15) is 110 Å². The number of carboxylic acids is 2. The summed E-state index contributed by atoms with van der Waals surface area (Å²) in [5.74, 6) is -0.316. The summed E-state index contributed by atoms with van der Waals surface area (Å²) in [4.78, 5) is 25.8. The van der Waals surface area contributed by atoms with Gasteiger partial charge >= 0.3 is 11.9 Å². The maximum Gasteiger partial charge on any atom is 0.359 e. The fraction of sp³-hybridized carbons (Fsp3) is 0.893. The fourth-order valence-corrected chi connectivity index (χ4v) is 4.73. The number of aliphatic carboxylic acids is 2. The highest BCUT2D eigenvalue weighted by atomic mass is 16.4. The van der Waals surface area contributed by atoms with E-state index >= 15 is 0 Å². The molecule has 0 fully saturated rings. The van der Waals surface area contributed by atoms with Crippen molar-refractivity contribution in [2.24, 2.45) is 4.99 Å². The van der Waals surface area contributed by atoms with Crippen LogP contribution in [0, 0.1) is 0 Å². The van der Waals surface area contributed by atoms with Crippen molar-refractivity contribution >= 4 is 17.8 Å². The first-order valence-electron chi connectivity index (χ1n) is 14.2. The Hall–Kier alpha value is -1.47. The number of carboxylic acid groups (broad SMARTS) is 2. The number of unbranched alkanes of at least 4 members (excludes halogenated alkanes) is 13. The van der Waals surface area contributed by atoms with Gasteiger partial charge in [0.25, 0.3) is 0 Å². The monoisotopic (exact) mass is 499 g/mol. The maximum atomic E-state index is 11.2. The maximum absolute atomic E-state index is 11.2. The molecule has 1 unspecified atom stereocenters. The molecular formula is C28H57N3O4+2. The third-order valence-corrected chi connectivity index (χ3v) is 6.78. The molecule has 1 aliphatic heterocycles. The van der Waals surface area contributed by atoms with Crippen LogP contribution in [0.5, 0.6) is 0 Å². The van der Waals surface area contributed by atoms with Crippen LogP contribution in [0.3, 0.4) is 0 Å². The van der Waals surface area contributed by atoms with Crippen molar-refractivity contribution in [3.05, 3.63) is 0 Å². The predicted octanol–water partition coefficient (Wildman–Crippen LogP) is 5.97. The van der Waals surface area contributed by atoms with Gasteiger partial charge in [-0.1, -0.05) is 90.4 Å².